The number of rotatable bonds is 4. The van der Waals surface area contributed by atoms with Crippen molar-refractivity contribution in [2.24, 2.45) is 4.99 Å². The van der Waals surface area contributed by atoms with Crippen molar-refractivity contribution in [1.82, 2.24) is 4.98 Å². The maximum atomic E-state index is 13.2. The van der Waals surface area contributed by atoms with Crippen LogP contribution in [0.5, 0.6) is 0 Å². The molecule has 2 aromatic carbocycles. The molecule has 0 fully saturated rings. The second kappa shape index (κ2) is 9.40. The van der Waals surface area contributed by atoms with E-state index in [1.807, 2.05) is 6.07 Å². The van der Waals surface area contributed by atoms with E-state index in [9.17, 15) is 23.1 Å². The molecule has 0 unspecified atom stereocenters. The molecule has 2 N–H and O–H groups in total. The highest BCUT2D eigenvalue weighted by Gasteiger charge is 2.30. The third-order valence-electron chi connectivity index (χ3n) is 5.14. The number of alkyl halides is 3. The molecule has 2 aromatic heterocycles. The van der Waals surface area contributed by atoms with Crippen LogP contribution in [0.4, 0.5) is 24.5 Å². The number of hydrogen-bond donors (Lipinski definition) is 2. The fourth-order valence-electron chi connectivity index (χ4n) is 3.36. The van der Waals surface area contributed by atoms with Crippen LogP contribution in [0.3, 0.4) is 0 Å². The number of fused-ring (bicyclic) bond motifs is 1. The molecular weight excluding hydrogens is 461 g/mol. The average Bonchev–Trinajstić information content (AvgIpc) is 2.84. The fourth-order valence-corrected chi connectivity index (χ4v) is 3.36. The van der Waals surface area contributed by atoms with Gasteiger partial charge in [-0.05, 0) is 55.5 Å². The quantitative estimate of drug-likeness (QED) is 0.429. The number of pyridine rings is 1. The van der Waals surface area contributed by atoms with Gasteiger partial charge in [-0.15, -0.1) is 0 Å². The number of aryl methyl sites for hydroxylation is 1. The smallest absolute Gasteiger partial charge is 0.416 e. The molecular formula is C25H17F3N4O3. The number of nitrogens with zero attached hydrogens (tertiary/aromatic N) is 3. The Bertz CT molecular complexity index is 1540. The van der Waals surface area contributed by atoms with Gasteiger partial charge in [0.2, 0.25) is 5.55 Å². The number of carbonyl (C=O) groups excluding carboxylic acids is 1. The third-order valence-corrected chi connectivity index (χ3v) is 5.14. The lowest BCUT2D eigenvalue weighted by molar-refractivity contribution is -0.137. The molecule has 2 heterocycles. The van der Waals surface area contributed by atoms with Gasteiger partial charge in [-0.25, -0.2) is 4.99 Å². The Morgan fingerprint density at radius 2 is 1.94 bits per heavy atom. The topological polar surface area (TPSA) is 112 Å². The van der Waals surface area contributed by atoms with Crippen LogP contribution in [0.1, 0.15) is 32.7 Å². The van der Waals surface area contributed by atoms with Gasteiger partial charge in [-0.2, -0.15) is 18.4 Å². The van der Waals surface area contributed by atoms with Gasteiger partial charge in [-0.1, -0.05) is 6.07 Å². The van der Waals surface area contributed by atoms with E-state index >= 15 is 0 Å². The SMILES string of the molecule is Cc1ncc(CO)c2cc(C(=O)Nc3cccc(C(F)(F)F)c3)c(=Nc3ccc(C#N)cc3)oc12. The Kier molecular flexibility index (Phi) is 6.36. The number of halogens is 3. The highest BCUT2D eigenvalue weighted by atomic mass is 19.4. The second-order valence-corrected chi connectivity index (χ2v) is 7.54. The number of amides is 1. The Morgan fingerprint density at radius 3 is 2.60 bits per heavy atom. The molecule has 0 aliphatic carbocycles. The van der Waals surface area contributed by atoms with E-state index in [4.69, 9.17) is 9.68 Å². The van der Waals surface area contributed by atoms with Crippen LogP contribution in [0.15, 0.2) is 70.2 Å². The van der Waals surface area contributed by atoms with Crippen LogP contribution in [0, 0.1) is 18.3 Å². The molecule has 10 heteroatoms. The summed E-state index contributed by atoms with van der Waals surface area (Å²) in [6, 6.07) is 13.9. The molecule has 176 valence electrons. The van der Waals surface area contributed by atoms with E-state index in [1.54, 1.807) is 31.2 Å². The number of nitrogens with one attached hydrogen (secondary N) is 1. The minimum absolute atomic E-state index is 0.0671. The van der Waals surface area contributed by atoms with Crippen molar-refractivity contribution < 1.29 is 27.5 Å². The van der Waals surface area contributed by atoms with Gasteiger partial charge in [0.25, 0.3) is 5.91 Å². The summed E-state index contributed by atoms with van der Waals surface area (Å²) in [7, 11) is 0. The number of aromatic nitrogens is 1. The zero-order valence-corrected chi connectivity index (χ0v) is 18.2. The molecule has 0 radical (unpaired) electrons. The van der Waals surface area contributed by atoms with Gasteiger partial charge in [0, 0.05) is 22.8 Å². The average molecular weight is 478 g/mol. The molecule has 0 saturated carbocycles. The Labute approximate surface area is 196 Å². The maximum absolute atomic E-state index is 13.2. The summed E-state index contributed by atoms with van der Waals surface area (Å²) < 4.78 is 45.2. The van der Waals surface area contributed by atoms with Crippen molar-refractivity contribution in [2.75, 3.05) is 5.32 Å². The summed E-state index contributed by atoms with van der Waals surface area (Å²) in [6.07, 6.45) is -3.13. The van der Waals surface area contributed by atoms with Crippen LogP contribution in [-0.4, -0.2) is 16.0 Å². The number of anilines is 1. The first kappa shape index (κ1) is 23.7. The van der Waals surface area contributed by atoms with E-state index in [1.165, 1.54) is 24.4 Å². The predicted octanol–water partition coefficient (Wildman–Crippen LogP) is 5.00. The summed E-state index contributed by atoms with van der Waals surface area (Å²) in [6.45, 7) is 1.31. The fraction of sp³-hybridized carbons (Fsp3) is 0.120. The van der Waals surface area contributed by atoms with Crippen molar-refractivity contribution in [3.8, 4) is 6.07 Å². The first-order chi connectivity index (χ1) is 16.7. The Morgan fingerprint density at radius 1 is 1.20 bits per heavy atom. The lowest BCUT2D eigenvalue weighted by atomic mass is 10.1. The van der Waals surface area contributed by atoms with Gasteiger partial charge in [0.05, 0.1) is 35.2 Å². The normalized spacial score (nSPS) is 11.9. The summed E-state index contributed by atoms with van der Waals surface area (Å²) >= 11 is 0. The molecule has 0 aliphatic heterocycles. The van der Waals surface area contributed by atoms with Gasteiger partial charge in [-0.3, -0.25) is 9.78 Å². The molecule has 4 aromatic rings. The van der Waals surface area contributed by atoms with Gasteiger partial charge >= 0.3 is 6.18 Å². The molecule has 4 rings (SSSR count). The van der Waals surface area contributed by atoms with Gasteiger partial charge in [0.1, 0.15) is 5.56 Å². The highest BCUT2D eigenvalue weighted by Crippen LogP contribution is 2.31. The first-order valence-corrected chi connectivity index (χ1v) is 10.3. The van der Waals surface area contributed by atoms with Gasteiger partial charge in [0.15, 0.2) is 5.58 Å². The van der Waals surface area contributed by atoms with Crippen molar-refractivity contribution >= 4 is 28.3 Å². The van der Waals surface area contributed by atoms with Crippen LogP contribution in [0.25, 0.3) is 11.0 Å². The van der Waals surface area contributed by atoms with Crippen LogP contribution >= 0.6 is 0 Å². The minimum Gasteiger partial charge on any atom is -0.436 e. The summed E-state index contributed by atoms with van der Waals surface area (Å²) in [5, 5.41) is 21.6. The van der Waals surface area contributed by atoms with Gasteiger partial charge < -0.3 is 14.8 Å². The van der Waals surface area contributed by atoms with E-state index in [2.05, 4.69) is 15.3 Å². The summed E-state index contributed by atoms with van der Waals surface area (Å²) in [5.74, 6) is -0.763. The maximum Gasteiger partial charge on any atom is 0.416 e. The summed E-state index contributed by atoms with van der Waals surface area (Å²) in [4.78, 5) is 21.7. The number of carbonyl (C=O) groups is 1. The number of aliphatic hydroxyl groups excluding tert-OH is 1. The third kappa shape index (κ3) is 5.05. The Hall–Kier alpha value is -4.49. The first-order valence-electron chi connectivity index (χ1n) is 10.3. The monoisotopic (exact) mass is 478 g/mol. The molecule has 0 spiro atoms. The van der Waals surface area contributed by atoms with Crippen molar-refractivity contribution in [1.29, 1.82) is 5.26 Å². The van der Waals surface area contributed by atoms with Crippen molar-refractivity contribution in [3.63, 3.8) is 0 Å². The molecule has 7 nitrogen and oxygen atoms in total. The molecule has 1 amide bonds. The predicted molar refractivity (Wildman–Crippen MR) is 120 cm³/mol. The lowest BCUT2D eigenvalue weighted by Crippen LogP contribution is -2.22. The lowest BCUT2D eigenvalue weighted by Gasteiger charge is -2.11. The molecule has 0 bridgehead atoms. The standard InChI is InChI=1S/C25H17F3N4O3/c1-14-22-20(16(13-33)12-30-14)10-21(24(35-22)32-18-7-5-15(11-29)6-8-18)23(34)31-19-4-2-3-17(9-19)25(26,27)28/h2-10,12,33H,13H2,1H3,(H,31,34). The number of nitriles is 1. The summed E-state index contributed by atoms with van der Waals surface area (Å²) in [5.41, 5.74) is 0.794. The van der Waals surface area contributed by atoms with Crippen LogP contribution in [-0.2, 0) is 12.8 Å². The highest BCUT2D eigenvalue weighted by molar-refractivity contribution is 6.05. The van der Waals surface area contributed by atoms with E-state index < -0.39 is 17.6 Å². The van der Waals surface area contributed by atoms with Crippen LogP contribution < -0.4 is 10.9 Å². The van der Waals surface area contributed by atoms with E-state index in [0.29, 0.717) is 33.5 Å². The zero-order valence-electron chi connectivity index (χ0n) is 18.2. The van der Waals surface area contributed by atoms with E-state index in [-0.39, 0.29) is 23.4 Å². The second-order valence-electron chi connectivity index (χ2n) is 7.54. The number of benzene rings is 2. The largest absolute Gasteiger partial charge is 0.436 e. The number of hydrogen-bond acceptors (Lipinski definition) is 6. The minimum atomic E-state index is -4.57. The molecule has 35 heavy (non-hydrogen) atoms. The van der Waals surface area contributed by atoms with Crippen molar-refractivity contribution in [2.45, 2.75) is 19.7 Å². The number of aliphatic hydroxyl groups is 1. The van der Waals surface area contributed by atoms with Crippen molar-refractivity contribution in [3.05, 3.63) is 94.3 Å². The Balaban J connectivity index is 1.87. The molecule has 0 atom stereocenters. The molecule has 0 saturated heterocycles. The van der Waals surface area contributed by atoms with Crippen LogP contribution in [0.2, 0.25) is 0 Å². The van der Waals surface area contributed by atoms with E-state index in [0.717, 1.165) is 12.1 Å². The molecule has 0 aliphatic rings. The zero-order chi connectivity index (χ0) is 25.2.